The normalized spacial score (nSPS) is 13.6. The molecule has 0 atom stereocenters. The highest BCUT2D eigenvalue weighted by Gasteiger charge is 2.20. The minimum atomic E-state index is -0.533. The zero-order chi connectivity index (χ0) is 18.5. The molecule has 0 unspecified atom stereocenters. The average molecular weight is 357 g/mol. The van der Waals surface area contributed by atoms with Crippen LogP contribution in [0.2, 0.25) is 0 Å². The molecule has 1 aliphatic heterocycles. The fraction of sp³-hybridized carbons (Fsp3) is 0.263. The van der Waals surface area contributed by atoms with Crippen LogP contribution < -0.4 is 20.7 Å². The first-order chi connectivity index (χ1) is 12.6. The summed E-state index contributed by atoms with van der Waals surface area (Å²) in [6.45, 7) is 2.27. The first kappa shape index (κ1) is 17.9. The van der Waals surface area contributed by atoms with Crippen molar-refractivity contribution in [2.75, 3.05) is 32.1 Å². The summed E-state index contributed by atoms with van der Waals surface area (Å²) in [6.07, 6.45) is 0. The molecule has 1 saturated heterocycles. The van der Waals surface area contributed by atoms with E-state index in [1.807, 2.05) is 0 Å². The summed E-state index contributed by atoms with van der Waals surface area (Å²) in [5, 5.41) is 8.56. The van der Waals surface area contributed by atoms with E-state index in [0.29, 0.717) is 23.8 Å². The molecule has 7 heteroatoms. The molecule has 0 spiro atoms. The van der Waals surface area contributed by atoms with E-state index in [0.717, 1.165) is 19.2 Å². The van der Waals surface area contributed by atoms with Crippen LogP contribution in [0.3, 0.4) is 0 Å². The number of benzene rings is 2. The molecule has 6 nitrogen and oxygen atoms in total. The van der Waals surface area contributed by atoms with Crippen molar-refractivity contribution in [3.05, 3.63) is 59.4 Å². The Morgan fingerprint density at radius 2 is 1.88 bits per heavy atom. The quantitative estimate of drug-likeness (QED) is 0.739. The molecular weight excluding hydrogens is 337 g/mol. The second kappa shape index (κ2) is 7.97. The van der Waals surface area contributed by atoms with Gasteiger partial charge in [0.25, 0.3) is 11.8 Å². The number of carbonyl (C=O) groups excluding carboxylic acids is 2. The average Bonchev–Trinajstić information content (AvgIpc) is 2.60. The molecule has 1 heterocycles. The van der Waals surface area contributed by atoms with Crippen LogP contribution in [0, 0.1) is 11.7 Å². The molecule has 2 aromatic rings. The van der Waals surface area contributed by atoms with Crippen LogP contribution in [0.4, 0.5) is 10.1 Å². The van der Waals surface area contributed by atoms with Crippen molar-refractivity contribution in [1.82, 2.24) is 10.6 Å². The molecule has 0 bridgehead atoms. The zero-order valence-corrected chi connectivity index (χ0v) is 14.3. The number of methoxy groups -OCH3 is 1. The van der Waals surface area contributed by atoms with Crippen molar-refractivity contribution < 1.29 is 18.7 Å². The molecule has 2 amide bonds. The predicted molar refractivity (Wildman–Crippen MR) is 96.0 cm³/mol. The van der Waals surface area contributed by atoms with Crippen molar-refractivity contribution >= 4 is 17.5 Å². The second-order valence-corrected chi connectivity index (χ2v) is 6.11. The van der Waals surface area contributed by atoms with Crippen LogP contribution in [0.25, 0.3) is 0 Å². The fourth-order valence-corrected chi connectivity index (χ4v) is 2.58. The molecule has 3 N–H and O–H groups in total. The lowest BCUT2D eigenvalue weighted by atomic mass is 10.0. The number of nitrogens with one attached hydrogen (secondary N) is 3. The monoisotopic (exact) mass is 357 g/mol. The molecule has 136 valence electrons. The summed E-state index contributed by atoms with van der Waals surface area (Å²) >= 11 is 0. The maximum absolute atomic E-state index is 13.6. The van der Waals surface area contributed by atoms with Crippen LogP contribution in [-0.4, -0.2) is 38.6 Å². The van der Waals surface area contributed by atoms with E-state index in [4.69, 9.17) is 4.74 Å². The Labute approximate surface area is 150 Å². The molecule has 1 aliphatic rings. The molecule has 0 aromatic heterocycles. The van der Waals surface area contributed by atoms with Gasteiger partial charge in [-0.25, -0.2) is 4.39 Å². The van der Waals surface area contributed by atoms with E-state index in [1.165, 1.54) is 19.2 Å². The van der Waals surface area contributed by atoms with Gasteiger partial charge in [-0.05, 0) is 42.5 Å². The lowest BCUT2D eigenvalue weighted by Gasteiger charge is -2.27. The number of anilines is 1. The lowest BCUT2D eigenvalue weighted by molar-refractivity contribution is 0.0943. The van der Waals surface area contributed by atoms with Gasteiger partial charge in [0.2, 0.25) is 0 Å². The van der Waals surface area contributed by atoms with Crippen LogP contribution in [0.15, 0.2) is 42.5 Å². The molecule has 0 radical (unpaired) electrons. The van der Waals surface area contributed by atoms with Gasteiger partial charge in [0.1, 0.15) is 11.6 Å². The third-order valence-corrected chi connectivity index (χ3v) is 4.24. The maximum atomic E-state index is 13.6. The van der Waals surface area contributed by atoms with Gasteiger partial charge >= 0.3 is 0 Å². The number of amides is 2. The lowest BCUT2D eigenvalue weighted by Crippen LogP contribution is -2.48. The van der Waals surface area contributed by atoms with Crippen molar-refractivity contribution in [3.63, 3.8) is 0 Å². The van der Waals surface area contributed by atoms with Crippen LogP contribution >= 0.6 is 0 Å². The third kappa shape index (κ3) is 4.18. The van der Waals surface area contributed by atoms with Gasteiger partial charge < -0.3 is 20.7 Å². The largest absolute Gasteiger partial charge is 0.497 e. The second-order valence-electron chi connectivity index (χ2n) is 6.11. The Kier molecular flexibility index (Phi) is 5.48. The van der Waals surface area contributed by atoms with E-state index >= 15 is 0 Å². The van der Waals surface area contributed by atoms with Gasteiger partial charge in [-0.1, -0.05) is 0 Å². The Morgan fingerprint density at radius 3 is 2.50 bits per heavy atom. The minimum absolute atomic E-state index is 0.134. The van der Waals surface area contributed by atoms with Gasteiger partial charge in [-0.2, -0.15) is 0 Å². The Morgan fingerprint density at radius 1 is 1.15 bits per heavy atom. The number of rotatable bonds is 6. The first-order valence-electron chi connectivity index (χ1n) is 8.30. The van der Waals surface area contributed by atoms with E-state index in [1.54, 1.807) is 24.3 Å². The number of halogens is 1. The first-order valence-corrected chi connectivity index (χ1v) is 8.30. The van der Waals surface area contributed by atoms with Crippen LogP contribution in [-0.2, 0) is 0 Å². The fourth-order valence-electron chi connectivity index (χ4n) is 2.58. The molecule has 2 aromatic carbocycles. The summed E-state index contributed by atoms with van der Waals surface area (Å²) in [5.41, 5.74) is 0.734. The molecule has 26 heavy (non-hydrogen) atoms. The van der Waals surface area contributed by atoms with E-state index < -0.39 is 11.7 Å². The number of hydrogen-bond acceptors (Lipinski definition) is 4. The molecule has 3 rings (SSSR count). The smallest absolute Gasteiger partial charge is 0.255 e. The van der Waals surface area contributed by atoms with Gasteiger partial charge in [-0.15, -0.1) is 0 Å². The SMILES string of the molecule is COc1ccc(C(=O)Nc2cc(F)ccc2C(=O)NCC2CNC2)cc1. The van der Waals surface area contributed by atoms with Crippen LogP contribution in [0.1, 0.15) is 20.7 Å². The predicted octanol–water partition coefficient (Wildman–Crippen LogP) is 2.04. The maximum Gasteiger partial charge on any atom is 0.255 e. The summed E-state index contributed by atoms with van der Waals surface area (Å²) in [4.78, 5) is 24.8. The molecular formula is C19H20FN3O3. The van der Waals surface area contributed by atoms with Crippen molar-refractivity contribution in [2.45, 2.75) is 0 Å². The molecule has 0 saturated carbocycles. The number of ether oxygens (including phenoxy) is 1. The summed E-state index contributed by atoms with van der Waals surface area (Å²) in [6, 6.07) is 10.2. The van der Waals surface area contributed by atoms with Crippen molar-refractivity contribution in [3.8, 4) is 5.75 Å². The summed E-state index contributed by atoms with van der Waals surface area (Å²) in [7, 11) is 1.53. The number of hydrogen-bond donors (Lipinski definition) is 3. The standard InChI is InChI=1S/C19H20FN3O3/c1-26-15-5-2-13(3-6-15)18(24)23-17-8-14(20)4-7-16(17)19(25)22-11-12-9-21-10-12/h2-8,12,21H,9-11H2,1H3,(H,22,25)(H,23,24). The number of carbonyl (C=O) groups is 2. The van der Waals surface area contributed by atoms with Crippen molar-refractivity contribution in [2.24, 2.45) is 5.92 Å². The Bertz CT molecular complexity index is 804. The third-order valence-electron chi connectivity index (χ3n) is 4.24. The van der Waals surface area contributed by atoms with Crippen molar-refractivity contribution in [1.29, 1.82) is 0 Å². The summed E-state index contributed by atoms with van der Waals surface area (Å²) in [5.74, 6) is -0.290. The highest BCUT2D eigenvalue weighted by Crippen LogP contribution is 2.19. The van der Waals surface area contributed by atoms with Gasteiger partial charge in [0.15, 0.2) is 0 Å². The Hall–Kier alpha value is -2.93. The zero-order valence-electron chi connectivity index (χ0n) is 14.3. The topological polar surface area (TPSA) is 79.5 Å². The minimum Gasteiger partial charge on any atom is -0.497 e. The van der Waals surface area contributed by atoms with Gasteiger partial charge in [0, 0.05) is 31.1 Å². The van der Waals surface area contributed by atoms with E-state index in [-0.39, 0.29) is 17.2 Å². The van der Waals surface area contributed by atoms with E-state index in [9.17, 15) is 14.0 Å². The molecule has 0 aliphatic carbocycles. The van der Waals surface area contributed by atoms with E-state index in [2.05, 4.69) is 16.0 Å². The van der Waals surface area contributed by atoms with Gasteiger partial charge in [0.05, 0.1) is 18.4 Å². The Balaban J connectivity index is 1.73. The molecule has 1 fully saturated rings. The highest BCUT2D eigenvalue weighted by atomic mass is 19.1. The van der Waals surface area contributed by atoms with Gasteiger partial charge in [-0.3, -0.25) is 9.59 Å². The van der Waals surface area contributed by atoms with Crippen LogP contribution in [0.5, 0.6) is 5.75 Å². The summed E-state index contributed by atoms with van der Waals surface area (Å²) < 4.78 is 18.7. The highest BCUT2D eigenvalue weighted by molar-refractivity contribution is 6.09.